The summed E-state index contributed by atoms with van der Waals surface area (Å²) in [4.78, 5) is 4.46. The van der Waals surface area contributed by atoms with Crippen molar-refractivity contribution in [3.63, 3.8) is 0 Å². The van der Waals surface area contributed by atoms with E-state index in [-0.39, 0.29) is 0 Å². The van der Waals surface area contributed by atoms with Gasteiger partial charge < -0.3 is 9.80 Å². The van der Waals surface area contributed by atoms with Crippen LogP contribution < -0.4 is 9.80 Å². The van der Waals surface area contributed by atoms with Crippen molar-refractivity contribution in [2.45, 2.75) is 40.5 Å². The lowest BCUT2D eigenvalue weighted by Gasteiger charge is -2.27. The largest absolute Gasteiger partial charge is 0.315 e. The van der Waals surface area contributed by atoms with Gasteiger partial charge in [0.15, 0.2) is 0 Å². The fraction of sp³-hybridized carbons (Fsp3) is 0.130. The first-order chi connectivity index (χ1) is 23.5. The molecule has 0 unspecified atom stereocenters. The van der Waals surface area contributed by atoms with Crippen molar-refractivity contribution >= 4 is 22.7 Å². The highest BCUT2D eigenvalue weighted by atomic mass is 15.1. The molecular formula is C46H48N2. The fourth-order valence-corrected chi connectivity index (χ4v) is 5.59. The molecule has 0 atom stereocenters. The molecule has 242 valence electrons. The van der Waals surface area contributed by atoms with Gasteiger partial charge in [0, 0.05) is 34.1 Å². The summed E-state index contributed by atoms with van der Waals surface area (Å²) >= 11 is 0. The average molecular weight is 629 g/mol. The Morgan fingerprint density at radius 2 is 1.08 bits per heavy atom. The smallest absolute Gasteiger partial charge is 0.0464 e. The summed E-state index contributed by atoms with van der Waals surface area (Å²) in [5.74, 6) is 0. The molecule has 0 aliphatic carbocycles. The predicted octanol–water partition coefficient (Wildman–Crippen LogP) is 13.8. The minimum atomic E-state index is 0.843. The van der Waals surface area contributed by atoms with E-state index >= 15 is 0 Å². The second-order valence-electron chi connectivity index (χ2n) is 11.3. The highest BCUT2D eigenvalue weighted by Crippen LogP contribution is 2.39. The van der Waals surface area contributed by atoms with E-state index in [1.807, 2.05) is 39.0 Å². The maximum absolute atomic E-state index is 4.29. The molecule has 5 rings (SSSR count). The molecule has 5 aromatic carbocycles. The van der Waals surface area contributed by atoms with E-state index in [9.17, 15) is 0 Å². The maximum Gasteiger partial charge on any atom is 0.0464 e. The van der Waals surface area contributed by atoms with Crippen LogP contribution in [0.4, 0.5) is 22.7 Å². The van der Waals surface area contributed by atoms with Crippen LogP contribution in [-0.4, -0.2) is 0 Å². The van der Waals surface area contributed by atoms with Crippen LogP contribution in [0.5, 0.6) is 0 Å². The standard InChI is InChI=1S/C41H38N2.C5H10/c1-5-7-11-20-35(6-2)43(37-23-16-10-17-24-37)38-27-25-34(26-28-38)40-30-29-39(31-41(40)33-18-12-8-13-19-33)42(32(3)4)36-21-14-9-15-22-36;1-3-5-4-2/h5-10,12-31H,2-3,11H2,1,4H3;3,5H,4H2,1-2H3/b7-5-,35-20+;5-3-. The highest BCUT2D eigenvalue weighted by molar-refractivity contribution is 5.88. The zero-order chi connectivity index (χ0) is 34.1. The van der Waals surface area contributed by atoms with Crippen molar-refractivity contribution in [2.75, 3.05) is 9.80 Å². The van der Waals surface area contributed by atoms with E-state index in [2.05, 4.69) is 182 Å². The van der Waals surface area contributed by atoms with Crippen molar-refractivity contribution in [3.8, 4) is 22.3 Å². The van der Waals surface area contributed by atoms with Crippen LogP contribution in [0.3, 0.4) is 0 Å². The van der Waals surface area contributed by atoms with Crippen LogP contribution in [0.2, 0.25) is 0 Å². The highest BCUT2D eigenvalue weighted by Gasteiger charge is 2.16. The Morgan fingerprint density at radius 1 is 0.583 bits per heavy atom. The van der Waals surface area contributed by atoms with E-state index in [0.29, 0.717) is 0 Å². The Hall–Kier alpha value is -5.60. The molecule has 0 fully saturated rings. The van der Waals surface area contributed by atoms with E-state index in [1.54, 1.807) is 0 Å². The monoisotopic (exact) mass is 628 g/mol. The third-order valence-electron chi connectivity index (χ3n) is 7.83. The zero-order valence-corrected chi connectivity index (χ0v) is 28.9. The second kappa shape index (κ2) is 18.5. The number of benzene rings is 5. The lowest BCUT2D eigenvalue weighted by Crippen LogP contribution is -2.15. The lowest BCUT2D eigenvalue weighted by atomic mass is 9.93. The van der Waals surface area contributed by atoms with Crippen LogP contribution >= 0.6 is 0 Å². The van der Waals surface area contributed by atoms with Crippen molar-refractivity contribution in [3.05, 3.63) is 194 Å². The van der Waals surface area contributed by atoms with Crippen LogP contribution in [-0.2, 0) is 0 Å². The summed E-state index contributed by atoms with van der Waals surface area (Å²) in [5.41, 5.74) is 11.0. The molecule has 0 spiro atoms. The molecule has 0 heterocycles. The van der Waals surface area contributed by atoms with Gasteiger partial charge in [-0.05, 0) is 110 Å². The van der Waals surface area contributed by atoms with E-state index in [4.69, 9.17) is 0 Å². The number of allylic oxidation sites excluding steroid dienone is 7. The Morgan fingerprint density at radius 3 is 1.58 bits per heavy atom. The summed E-state index contributed by atoms with van der Waals surface area (Å²) in [7, 11) is 0. The first-order valence-electron chi connectivity index (χ1n) is 16.7. The molecule has 0 saturated heterocycles. The number of hydrogen-bond acceptors (Lipinski definition) is 2. The molecule has 0 N–H and O–H groups in total. The summed E-state index contributed by atoms with van der Waals surface area (Å²) in [6.07, 6.45) is 14.5. The van der Waals surface area contributed by atoms with E-state index in [1.165, 1.54) is 16.7 Å². The molecule has 0 bridgehead atoms. The first kappa shape index (κ1) is 35.3. The Labute approximate surface area is 289 Å². The van der Waals surface area contributed by atoms with Crippen molar-refractivity contribution in [1.82, 2.24) is 0 Å². The molecule has 0 aliphatic heterocycles. The normalized spacial score (nSPS) is 11.2. The predicted molar refractivity (Wildman–Crippen MR) is 212 cm³/mol. The lowest BCUT2D eigenvalue weighted by molar-refractivity contribution is 1.17. The van der Waals surface area contributed by atoms with Gasteiger partial charge in [0.05, 0.1) is 0 Å². The van der Waals surface area contributed by atoms with E-state index < -0.39 is 0 Å². The van der Waals surface area contributed by atoms with Gasteiger partial charge in [-0.2, -0.15) is 0 Å². The van der Waals surface area contributed by atoms with Gasteiger partial charge in [0.1, 0.15) is 0 Å². The SMILES string of the molecule is C/C=C\CC.C=C/C(=C\C/C=C\C)N(c1ccccc1)c1ccc(-c2ccc(N(C(=C)C)c3ccccc3)cc2-c2ccccc2)cc1. The zero-order valence-electron chi connectivity index (χ0n) is 28.9. The molecule has 5 aromatic rings. The minimum absolute atomic E-state index is 0.843. The summed E-state index contributed by atoms with van der Waals surface area (Å²) in [6.45, 7) is 16.7. The summed E-state index contributed by atoms with van der Waals surface area (Å²) in [6, 6.07) is 47.0. The maximum atomic E-state index is 4.29. The molecule has 2 nitrogen and oxygen atoms in total. The average Bonchev–Trinajstić information content (AvgIpc) is 3.13. The second-order valence-corrected chi connectivity index (χ2v) is 11.3. The fourth-order valence-electron chi connectivity index (χ4n) is 5.59. The van der Waals surface area contributed by atoms with Gasteiger partial charge in [-0.1, -0.05) is 135 Å². The topological polar surface area (TPSA) is 6.48 Å². The van der Waals surface area contributed by atoms with Gasteiger partial charge >= 0.3 is 0 Å². The molecule has 0 aliphatic rings. The minimum Gasteiger partial charge on any atom is -0.315 e. The molecule has 0 amide bonds. The molecule has 2 heteroatoms. The number of hydrogen-bond donors (Lipinski definition) is 0. The quantitative estimate of drug-likeness (QED) is 0.100. The number of anilines is 4. The van der Waals surface area contributed by atoms with Gasteiger partial charge in [0.25, 0.3) is 0 Å². The summed E-state index contributed by atoms with van der Waals surface area (Å²) < 4.78 is 0. The van der Waals surface area contributed by atoms with Crippen LogP contribution in [0.15, 0.2) is 194 Å². The first-order valence-corrected chi connectivity index (χ1v) is 16.7. The van der Waals surface area contributed by atoms with Gasteiger partial charge in [-0.15, -0.1) is 0 Å². The molecular weight excluding hydrogens is 581 g/mol. The van der Waals surface area contributed by atoms with Crippen LogP contribution in [0.1, 0.15) is 40.5 Å². The van der Waals surface area contributed by atoms with Crippen molar-refractivity contribution < 1.29 is 0 Å². The third-order valence-corrected chi connectivity index (χ3v) is 7.83. The number of nitrogens with zero attached hydrogens (tertiary/aromatic N) is 2. The van der Waals surface area contributed by atoms with Gasteiger partial charge in [-0.25, -0.2) is 0 Å². The molecule has 0 radical (unpaired) electrons. The third kappa shape index (κ3) is 9.24. The van der Waals surface area contributed by atoms with Gasteiger partial charge in [0.2, 0.25) is 0 Å². The van der Waals surface area contributed by atoms with Crippen LogP contribution in [0.25, 0.3) is 22.3 Å². The number of rotatable bonds is 12. The Balaban J connectivity index is 0.000000968. The van der Waals surface area contributed by atoms with Crippen molar-refractivity contribution in [2.24, 2.45) is 0 Å². The molecule has 48 heavy (non-hydrogen) atoms. The Kier molecular flexibility index (Phi) is 13.6. The molecule has 0 aromatic heterocycles. The molecule has 0 saturated carbocycles. The van der Waals surface area contributed by atoms with Gasteiger partial charge in [-0.3, -0.25) is 0 Å². The Bertz CT molecular complexity index is 1810. The number of para-hydroxylation sites is 2. The van der Waals surface area contributed by atoms with Crippen LogP contribution in [0, 0.1) is 0 Å². The van der Waals surface area contributed by atoms with Crippen molar-refractivity contribution in [1.29, 1.82) is 0 Å². The summed E-state index contributed by atoms with van der Waals surface area (Å²) in [5, 5.41) is 0. The van der Waals surface area contributed by atoms with E-state index in [0.717, 1.165) is 52.5 Å².